The van der Waals surface area contributed by atoms with Gasteiger partial charge in [-0.25, -0.2) is 0 Å². The Balaban J connectivity index is 2.22. The summed E-state index contributed by atoms with van der Waals surface area (Å²) in [4.78, 5) is 5.54. The van der Waals surface area contributed by atoms with Crippen LogP contribution in [-0.2, 0) is 6.54 Å². The summed E-state index contributed by atoms with van der Waals surface area (Å²) in [5, 5.41) is 6.96. The van der Waals surface area contributed by atoms with Gasteiger partial charge in [-0.3, -0.25) is 0 Å². The van der Waals surface area contributed by atoms with Crippen molar-refractivity contribution in [3.05, 3.63) is 35.5 Å². The molecule has 100 valence electrons. The molecule has 0 aliphatic heterocycles. The number of hydrogen-bond acceptors (Lipinski definition) is 6. The first kappa shape index (κ1) is 13.8. The molecule has 0 radical (unpaired) electrons. The van der Waals surface area contributed by atoms with E-state index in [2.05, 4.69) is 15.5 Å². The third-order valence-electron chi connectivity index (χ3n) is 2.49. The van der Waals surface area contributed by atoms with Gasteiger partial charge in [0.1, 0.15) is 4.99 Å². The van der Waals surface area contributed by atoms with Crippen LogP contribution in [0.2, 0.25) is 0 Å². The van der Waals surface area contributed by atoms with E-state index in [4.69, 9.17) is 22.5 Å². The number of aryl methyl sites for hydroxylation is 1. The first-order valence-corrected chi connectivity index (χ1v) is 7.25. The van der Waals surface area contributed by atoms with Crippen LogP contribution in [0.15, 0.2) is 27.6 Å². The number of nitrogens with zero attached hydrogens (tertiary/aromatic N) is 2. The summed E-state index contributed by atoms with van der Waals surface area (Å²) < 4.78 is 5.05. The van der Waals surface area contributed by atoms with Crippen LogP contribution in [-0.4, -0.2) is 21.4 Å². The molecular weight excluding hydrogens is 280 g/mol. The minimum absolute atomic E-state index is 0.370. The Labute approximate surface area is 121 Å². The van der Waals surface area contributed by atoms with E-state index < -0.39 is 0 Å². The fourth-order valence-corrected chi connectivity index (χ4v) is 2.61. The van der Waals surface area contributed by atoms with Crippen LogP contribution in [0, 0.1) is 6.92 Å². The van der Waals surface area contributed by atoms with E-state index in [0.29, 0.717) is 23.2 Å². The van der Waals surface area contributed by atoms with Crippen LogP contribution in [0.3, 0.4) is 0 Å². The lowest BCUT2D eigenvalue weighted by atomic mass is 10.1. The van der Waals surface area contributed by atoms with Gasteiger partial charge in [0.2, 0.25) is 5.89 Å². The number of nitrogens with one attached hydrogen (secondary N) is 1. The molecule has 5 nitrogen and oxygen atoms in total. The van der Waals surface area contributed by atoms with Crippen LogP contribution in [0.25, 0.3) is 0 Å². The van der Waals surface area contributed by atoms with Gasteiger partial charge in [-0.1, -0.05) is 23.4 Å². The van der Waals surface area contributed by atoms with Gasteiger partial charge in [-0.2, -0.15) is 4.98 Å². The van der Waals surface area contributed by atoms with Crippen LogP contribution < -0.4 is 11.1 Å². The third kappa shape index (κ3) is 3.24. The van der Waals surface area contributed by atoms with Crippen LogP contribution in [0.1, 0.15) is 17.3 Å². The van der Waals surface area contributed by atoms with E-state index in [9.17, 15) is 0 Å². The van der Waals surface area contributed by atoms with Crippen molar-refractivity contribution >= 4 is 34.7 Å². The van der Waals surface area contributed by atoms with Crippen LogP contribution >= 0.6 is 24.0 Å². The zero-order valence-corrected chi connectivity index (χ0v) is 12.3. The standard InChI is InChI=1S/C12H14N4OS2/c1-7-15-10(17-16-7)6-14-8-4-3-5-9(19-2)11(8)12(13)18/h3-5,14H,6H2,1-2H3,(H2,13,18). The molecule has 2 aromatic rings. The summed E-state index contributed by atoms with van der Waals surface area (Å²) in [6, 6.07) is 5.87. The molecule has 0 atom stereocenters. The number of thiocarbonyl (C=S) groups is 1. The molecule has 1 aromatic heterocycles. The highest BCUT2D eigenvalue weighted by molar-refractivity contribution is 7.98. The zero-order chi connectivity index (χ0) is 13.8. The molecule has 1 aromatic carbocycles. The van der Waals surface area contributed by atoms with E-state index in [1.165, 1.54) is 0 Å². The Bertz CT molecular complexity index is 597. The lowest BCUT2D eigenvalue weighted by molar-refractivity contribution is 0.379. The van der Waals surface area contributed by atoms with E-state index in [1.54, 1.807) is 18.7 Å². The third-order valence-corrected chi connectivity index (χ3v) is 3.48. The number of rotatable bonds is 5. The molecular formula is C12H14N4OS2. The molecule has 7 heteroatoms. The molecule has 0 saturated heterocycles. The Kier molecular flexibility index (Phi) is 4.39. The first-order valence-electron chi connectivity index (χ1n) is 5.61. The van der Waals surface area contributed by atoms with Crippen molar-refractivity contribution in [1.82, 2.24) is 10.1 Å². The summed E-state index contributed by atoms with van der Waals surface area (Å²) in [6.07, 6.45) is 1.99. The summed E-state index contributed by atoms with van der Waals surface area (Å²) in [5.41, 5.74) is 7.51. The Morgan fingerprint density at radius 2 is 2.32 bits per heavy atom. The fraction of sp³-hybridized carbons (Fsp3) is 0.250. The second kappa shape index (κ2) is 6.03. The normalized spacial score (nSPS) is 10.4. The summed E-state index contributed by atoms with van der Waals surface area (Å²) in [6.45, 7) is 2.22. The first-order chi connectivity index (χ1) is 9.11. The van der Waals surface area contributed by atoms with E-state index >= 15 is 0 Å². The maximum atomic E-state index is 5.79. The minimum Gasteiger partial charge on any atom is -0.389 e. The van der Waals surface area contributed by atoms with Gasteiger partial charge in [0.15, 0.2) is 5.82 Å². The molecule has 0 bridgehead atoms. The summed E-state index contributed by atoms with van der Waals surface area (Å²) in [7, 11) is 0. The van der Waals surface area contributed by atoms with E-state index in [1.807, 2.05) is 24.5 Å². The van der Waals surface area contributed by atoms with Crippen molar-refractivity contribution in [2.75, 3.05) is 11.6 Å². The second-order valence-corrected chi connectivity index (χ2v) is 5.12. The maximum absolute atomic E-state index is 5.79. The number of thioether (sulfide) groups is 1. The van der Waals surface area contributed by atoms with Gasteiger partial charge in [-0.05, 0) is 25.3 Å². The van der Waals surface area contributed by atoms with Gasteiger partial charge >= 0.3 is 0 Å². The Hall–Kier alpha value is -1.60. The van der Waals surface area contributed by atoms with Gasteiger partial charge in [0.25, 0.3) is 0 Å². The number of benzene rings is 1. The molecule has 0 aliphatic rings. The number of aromatic nitrogens is 2. The van der Waals surface area contributed by atoms with Gasteiger partial charge < -0.3 is 15.6 Å². The molecule has 0 unspecified atom stereocenters. The highest BCUT2D eigenvalue weighted by Gasteiger charge is 2.11. The average Bonchev–Trinajstić information content (AvgIpc) is 2.81. The van der Waals surface area contributed by atoms with Gasteiger partial charge in [-0.15, -0.1) is 11.8 Å². The molecule has 19 heavy (non-hydrogen) atoms. The highest BCUT2D eigenvalue weighted by Crippen LogP contribution is 2.27. The Morgan fingerprint density at radius 1 is 1.53 bits per heavy atom. The summed E-state index contributed by atoms with van der Waals surface area (Å²) in [5.74, 6) is 1.14. The monoisotopic (exact) mass is 294 g/mol. The van der Waals surface area contributed by atoms with Gasteiger partial charge in [0.05, 0.1) is 6.54 Å². The summed E-state index contributed by atoms with van der Waals surface area (Å²) >= 11 is 6.72. The Morgan fingerprint density at radius 3 is 2.89 bits per heavy atom. The predicted molar refractivity (Wildman–Crippen MR) is 80.5 cm³/mol. The molecule has 0 aliphatic carbocycles. The van der Waals surface area contributed by atoms with E-state index in [-0.39, 0.29) is 0 Å². The molecule has 0 spiro atoms. The molecule has 0 saturated carbocycles. The lowest BCUT2D eigenvalue weighted by Gasteiger charge is -2.13. The smallest absolute Gasteiger partial charge is 0.245 e. The van der Waals surface area contributed by atoms with Crippen molar-refractivity contribution in [3.8, 4) is 0 Å². The van der Waals surface area contributed by atoms with Crippen molar-refractivity contribution in [3.63, 3.8) is 0 Å². The molecule has 0 fully saturated rings. The average molecular weight is 294 g/mol. The molecule has 0 amide bonds. The highest BCUT2D eigenvalue weighted by atomic mass is 32.2. The maximum Gasteiger partial charge on any atom is 0.245 e. The fourth-order valence-electron chi connectivity index (χ4n) is 1.69. The topological polar surface area (TPSA) is 77.0 Å². The van der Waals surface area contributed by atoms with Crippen molar-refractivity contribution in [2.24, 2.45) is 5.73 Å². The predicted octanol–water partition coefficient (Wildman–Crippen LogP) is 2.35. The van der Waals surface area contributed by atoms with Crippen molar-refractivity contribution < 1.29 is 4.52 Å². The minimum atomic E-state index is 0.370. The second-order valence-electron chi connectivity index (χ2n) is 3.84. The number of nitrogens with two attached hydrogens (primary N) is 1. The van der Waals surface area contributed by atoms with Crippen molar-refractivity contribution in [1.29, 1.82) is 0 Å². The van der Waals surface area contributed by atoms with Crippen molar-refractivity contribution in [2.45, 2.75) is 18.4 Å². The molecule has 3 N–H and O–H groups in total. The number of anilines is 1. The quantitative estimate of drug-likeness (QED) is 0.647. The lowest BCUT2D eigenvalue weighted by Crippen LogP contribution is -2.14. The van der Waals surface area contributed by atoms with E-state index in [0.717, 1.165) is 16.1 Å². The van der Waals surface area contributed by atoms with Crippen LogP contribution in [0.4, 0.5) is 5.69 Å². The zero-order valence-electron chi connectivity index (χ0n) is 10.6. The SMILES string of the molecule is CSc1cccc(NCc2nc(C)no2)c1C(N)=S. The van der Waals surface area contributed by atoms with Crippen LogP contribution in [0.5, 0.6) is 0 Å². The number of hydrogen-bond donors (Lipinski definition) is 2. The molecule has 1 heterocycles. The largest absolute Gasteiger partial charge is 0.389 e. The molecule has 2 rings (SSSR count). The van der Waals surface area contributed by atoms with Gasteiger partial charge in [0, 0.05) is 16.1 Å².